The van der Waals surface area contributed by atoms with E-state index < -0.39 is 11.8 Å². The molecule has 0 fully saturated rings. The van der Waals surface area contributed by atoms with Crippen molar-refractivity contribution in [1.82, 2.24) is 0 Å². The Balaban J connectivity index is 2.10. The van der Waals surface area contributed by atoms with Crippen molar-refractivity contribution in [2.75, 3.05) is 29.0 Å². The second-order valence-corrected chi connectivity index (χ2v) is 5.90. The van der Waals surface area contributed by atoms with Crippen molar-refractivity contribution < 1.29 is 14.3 Å². The van der Waals surface area contributed by atoms with Gasteiger partial charge in [0.05, 0.1) is 12.3 Å². The number of carbonyl (C=O) groups is 1. The number of amides is 2. The number of benzene rings is 2. The topological polar surface area (TPSA) is 99.4 Å². The molecule has 0 saturated carbocycles. The Hall–Kier alpha value is -2.16. The standard InChI is InChI=1S/C16H18BrFN4O2/c17-11-5-13(20-4-3-19)8-14(6-11)21-16(24)22-15-7-12(18)2-1-10(15)9-23/h1-2,5-8,20,23H,3-4,9,19H2,(H2,21,22,24). The highest BCUT2D eigenvalue weighted by atomic mass is 79.9. The number of aliphatic hydroxyl groups is 1. The van der Waals surface area contributed by atoms with E-state index in [1.54, 1.807) is 12.1 Å². The van der Waals surface area contributed by atoms with Crippen LogP contribution in [0.1, 0.15) is 5.56 Å². The summed E-state index contributed by atoms with van der Waals surface area (Å²) < 4.78 is 14.1. The highest BCUT2D eigenvalue weighted by Gasteiger charge is 2.09. The SMILES string of the molecule is NCCNc1cc(Br)cc(NC(=O)Nc2cc(F)ccc2CO)c1. The summed E-state index contributed by atoms with van der Waals surface area (Å²) in [5.41, 5.74) is 7.43. The van der Waals surface area contributed by atoms with E-state index in [1.165, 1.54) is 12.1 Å². The van der Waals surface area contributed by atoms with Crippen LogP contribution in [0.2, 0.25) is 0 Å². The molecule has 0 heterocycles. The molecule has 6 nitrogen and oxygen atoms in total. The third-order valence-corrected chi connectivity index (χ3v) is 3.58. The summed E-state index contributed by atoms with van der Waals surface area (Å²) in [7, 11) is 0. The first-order valence-electron chi connectivity index (χ1n) is 7.23. The summed E-state index contributed by atoms with van der Waals surface area (Å²) in [6.07, 6.45) is 0. The molecule has 0 aliphatic carbocycles. The lowest BCUT2D eigenvalue weighted by Gasteiger charge is -2.13. The molecule has 0 aliphatic heterocycles. The zero-order valence-electron chi connectivity index (χ0n) is 12.8. The van der Waals surface area contributed by atoms with Gasteiger partial charge in [0.2, 0.25) is 0 Å². The fourth-order valence-corrected chi connectivity index (χ4v) is 2.56. The smallest absolute Gasteiger partial charge is 0.323 e. The number of nitrogens with one attached hydrogen (secondary N) is 3. The summed E-state index contributed by atoms with van der Waals surface area (Å²) in [5, 5.41) is 17.6. The number of nitrogens with two attached hydrogens (primary N) is 1. The van der Waals surface area contributed by atoms with Crippen LogP contribution in [0.25, 0.3) is 0 Å². The number of urea groups is 1. The Labute approximate surface area is 147 Å². The minimum Gasteiger partial charge on any atom is -0.392 e. The molecular weight excluding hydrogens is 379 g/mol. The number of hydrogen-bond donors (Lipinski definition) is 5. The number of aliphatic hydroxyl groups excluding tert-OH is 1. The van der Waals surface area contributed by atoms with Gasteiger partial charge in [0.25, 0.3) is 0 Å². The molecule has 0 radical (unpaired) electrons. The van der Waals surface area contributed by atoms with Crippen LogP contribution in [0.15, 0.2) is 40.9 Å². The van der Waals surface area contributed by atoms with Crippen molar-refractivity contribution in [2.45, 2.75) is 6.61 Å². The molecule has 0 aliphatic rings. The Bertz CT molecular complexity index is 727. The van der Waals surface area contributed by atoms with E-state index in [0.29, 0.717) is 24.3 Å². The van der Waals surface area contributed by atoms with Gasteiger partial charge in [-0.05, 0) is 30.3 Å². The molecule has 2 aromatic rings. The number of anilines is 3. The summed E-state index contributed by atoms with van der Waals surface area (Å²) >= 11 is 3.37. The minimum atomic E-state index is -0.543. The van der Waals surface area contributed by atoms with Crippen LogP contribution >= 0.6 is 15.9 Å². The number of carbonyl (C=O) groups excluding carboxylic acids is 1. The average molecular weight is 397 g/mol. The van der Waals surface area contributed by atoms with E-state index in [9.17, 15) is 14.3 Å². The molecule has 128 valence electrons. The van der Waals surface area contributed by atoms with E-state index in [-0.39, 0.29) is 12.3 Å². The number of rotatable bonds is 6. The van der Waals surface area contributed by atoms with Crippen molar-refractivity contribution >= 4 is 39.0 Å². The molecular formula is C16H18BrFN4O2. The lowest BCUT2D eigenvalue weighted by Crippen LogP contribution is -2.20. The van der Waals surface area contributed by atoms with E-state index >= 15 is 0 Å². The van der Waals surface area contributed by atoms with Crippen molar-refractivity contribution in [3.8, 4) is 0 Å². The molecule has 2 amide bonds. The lowest BCUT2D eigenvalue weighted by atomic mass is 10.2. The zero-order chi connectivity index (χ0) is 17.5. The van der Waals surface area contributed by atoms with Crippen LogP contribution < -0.4 is 21.7 Å². The maximum absolute atomic E-state index is 13.3. The molecule has 8 heteroatoms. The summed E-state index contributed by atoms with van der Waals surface area (Å²) in [6, 6.07) is 8.58. The normalized spacial score (nSPS) is 10.3. The maximum atomic E-state index is 13.3. The highest BCUT2D eigenvalue weighted by Crippen LogP contribution is 2.23. The second-order valence-electron chi connectivity index (χ2n) is 4.98. The first-order chi connectivity index (χ1) is 11.5. The predicted octanol–water partition coefficient (Wildman–Crippen LogP) is 3.10. The highest BCUT2D eigenvalue weighted by molar-refractivity contribution is 9.10. The maximum Gasteiger partial charge on any atom is 0.323 e. The molecule has 0 bridgehead atoms. The van der Waals surface area contributed by atoms with Gasteiger partial charge in [-0.25, -0.2) is 9.18 Å². The molecule has 24 heavy (non-hydrogen) atoms. The number of hydrogen-bond acceptors (Lipinski definition) is 4. The third kappa shape index (κ3) is 5.19. The van der Waals surface area contributed by atoms with Gasteiger partial charge in [0.15, 0.2) is 0 Å². The van der Waals surface area contributed by atoms with E-state index in [1.807, 2.05) is 6.07 Å². The summed E-state index contributed by atoms with van der Waals surface area (Å²) in [6.45, 7) is 0.782. The van der Waals surface area contributed by atoms with Crippen LogP contribution in [0.4, 0.5) is 26.2 Å². The fourth-order valence-electron chi connectivity index (χ4n) is 2.07. The van der Waals surface area contributed by atoms with E-state index in [2.05, 4.69) is 31.9 Å². The molecule has 0 aromatic heterocycles. The number of halogens is 2. The van der Waals surface area contributed by atoms with E-state index in [0.717, 1.165) is 16.2 Å². The summed E-state index contributed by atoms with van der Waals surface area (Å²) in [4.78, 5) is 12.1. The fraction of sp³-hybridized carbons (Fsp3) is 0.188. The van der Waals surface area contributed by atoms with Crippen molar-refractivity contribution in [2.24, 2.45) is 5.73 Å². The van der Waals surface area contributed by atoms with Crippen LogP contribution in [-0.4, -0.2) is 24.2 Å². The van der Waals surface area contributed by atoms with Gasteiger partial charge in [0.1, 0.15) is 5.82 Å². The van der Waals surface area contributed by atoms with Gasteiger partial charge >= 0.3 is 6.03 Å². The van der Waals surface area contributed by atoms with Gasteiger partial charge in [-0.1, -0.05) is 22.0 Å². The zero-order valence-corrected chi connectivity index (χ0v) is 14.4. The molecule has 2 rings (SSSR count). The molecule has 0 spiro atoms. The van der Waals surface area contributed by atoms with Crippen LogP contribution in [0.5, 0.6) is 0 Å². The quantitative estimate of drug-likeness (QED) is 0.517. The van der Waals surface area contributed by atoms with Gasteiger partial charge in [-0.2, -0.15) is 0 Å². The van der Waals surface area contributed by atoms with Crippen LogP contribution in [0.3, 0.4) is 0 Å². The van der Waals surface area contributed by atoms with Gasteiger partial charge < -0.3 is 26.8 Å². The molecule has 0 atom stereocenters. The molecule has 0 unspecified atom stereocenters. The minimum absolute atomic E-state index is 0.214. The summed E-state index contributed by atoms with van der Waals surface area (Å²) in [5.74, 6) is -0.502. The van der Waals surface area contributed by atoms with Crippen molar-refractivity contribution in [1.29, 1.82) is 0 Å². The molecule has 6 N–H and O–H groups in total. The van der Waals surface area contributed by atoms with Crippen LogP contribution in [0, 0.1) is 5.82 Å². The first-order valence-corrected chi connectivity index (χ1v) is 8.03. The Kier molecular flexibility index (Phi) is 6.53. The van der Waals surface area contributed by atoms with Crippen molar-refractivity contribution in [3.05, 3.63) is 52.3 Å². The van der Waals surface area contributed by atoms with Gasteiger partial charge in [0, 0.05) is 34.5 Å². The largest absolute Gasteiger partial charge is 0.392 e. The molecule has 2 aromatic carbocycles. The Morgan fingerprint density at radius 3 is 2.62 bits per heavy atom. The van der Waals surface area contributed by atoms with Gasteiger partial charge in [-0.3, -0.25) is 0 Å². The Morgan fingerprint density at radius 2 is 1.92 bits per heavy atom. The lowest BCUT2D eigenvalue weighted by molar-refractivity contribution is 0.262. The van der Waals surface area contributed by atoms with Crippen LogP contribution in [-0.2, 0) is 6.61 Å². The predicted molar refractivity (Wildman–Crippen MR) is 96.7 cm³/mol. The third-order valence-electron chi connectivity index (χ3n) is 3.12. The van der Waals surface area contributed by atoms with Crippen molar-refractivity contribution in [3.63, 3.8) is 0 Å². The first kappa shape index (κ1) is 18.2. The average Bonchev–Trinajstić information content (AvgIpc) is 2.52. The molecule has 0 saturated heterocycles. The van der Waals surface area contributed by atoms with E-state index in [4.69, 9.17) is 5.73 Å². The Morgan fingerprint density at radius 1 is 1.17 bits per heavy atom. The monoisotopic (exact) mass is 396 g/mol. The van der Waals surface area contributed by atoms with Gasteiger partial charge in [-0.15, -0.1) is 0 Å². The second kappa shape index (κ2) is 8.62.